The summed E-state index contributed by atoms with van der Waals surface area (Å²) >= 11 is 0. The number of piperidine rings is 1. The van der Waals surface area contributed by atoms with Gasteiger partial charge in [0.2, 0.25) is 15.9 Å². The van der Waals surface area contributed by atoms with E-state index in [0.717, 1.165) is 23.4 Å². The van der Waals surface area contributed by atoms with Crippen LogP contribution in [0.1, 0.15) is 33.1 Å². The summed E-state index contributed by atoms with van der Waals surface area (Å²) in [4.78, 5) is 14.7. The molecule has 1 fully saturated rings. The number of carbonyl (C=O) groups is 1. The molecule has 24 heavy (non-hydrogen) atoms. The Balaban J connectivity index is 2.32. The molecular formula is C17H25FN2O3S. The summed E-state index contributed by atoms with van der Waals surface area (Å²) in [6, 6.07) is 4.38. The zero-order valence-electron chi connectivity index (χ0n) is 14.4. The predicted octanol–water partition coefficient (Wildman–Crippen LogP) is 2.63. The molecule has 134 valence electrons. The molecule has 0 N–H and O–H groups in total. The summed E-state index contributed by atoms with van der Waals surface area (Å²) < 4.78 is 38.9. The number of nitrogens with zero attached hydrogens (tertiary/aromatic N) is 2. The van der Waals surface area contributed by atoms with Gasteiger partial charge in [-0.15, -0.1) is 0 Å². The van der Waals surface area contributed by atoms with E-state index in [9.17, 15) is 17.6 Å². The number of anilines is 1. The molecule has 1 aliphatic heterocycles. The summed E-state index contributed by atoms with van der Waals surface area (Å²) in [6.45, 7) is 5.24. The molecule has 2 rings (SSSR count). The van der Waals surface area contributed by atoms with Gasteiger partial charge in [0.05, 0.1) is 11.9 Å². The Morgan fingerprint density at radius 3 is 2.29 bits per heavy atom. The Morgan fingerprint density at radius 1 is 1.29 bits per heavy atom. The molecule has 0 aliphatic carbocycles. The molecular weight excluding hydrogens is 331 g/mol. The van der Waals surface area contributed by atoms with Crippen LogP contribution >= 0.6 is 0 Å². The maximum Gasteiger partial charge on any atom is 0.246 e. The van der Waals surface area contributed by atoms with Crippen LogP contribution in [0.3, 0.4) is 0 Å². The molecule has 0 unspecified atom stereocenters. The molecule has 1 aromatic carbocycles. The van der Waals surface area contributed by atoms with Crippen molar-refractivity contribution in [1.29, 1.82) is 0 Å². The number of sulfonamides is 1. The molecule has 1 amide bonds. The van der Waals surface area contributed by atoms with Gasteiger partial charge < -0.3 is 4.90 Å². The maximum absolute atomic E-state index is 13.2. The van der Waals surface area contributed by atoms with Crippen molar-refractivity contribution >= 4 is 21.6 Å². The number of likely N-dealkylation sites (tertiary alicyclic amines) is 1. The smallest absolute Gasteiger partial charge is 0.246 e. The SMILES string of the molecule is CC[C@@H](C(=O)N1CCC(C)CC1)N(c1ccc(F)cc1)S(C)(=O)=O. The van der Waals surface area contributed by atoms with Crippen LogP contribution in [-0.2, 0) is 14.8 Å². The standard InChI is InChI=1S/C17H25FN2O3S/c1-4-16(17(21)19-11-9-13(2)10-12-19)20(24(3,22)23)15-7-5-14(18)6-8-15/h5-8,13,16H,4,9-12H2,1-3H3/t16-/m0/s1. The van der Waals surface area contributed by atoms with Gasteiger partial charge in [-0.05, 0) is 49.4 Å². The quantitative estimate of drug-likeness (QED) is 0.815. The minimum absolute atomic E-state index is 0.181. The number of carbonyl (C=O) groups excluding carboxylic acids is 1. The first-order valence-corrected chi connectivity index (χ1v) is 10.1. The minimum Gasteiger partial charge on any atom is -0.341 e. The first kappa shape index (κ1) is 18.7. The molecule has 0 bridgehead atoms. The van der Waals surface area contributed by atoms with E-state index >= 15 is 0 Å². The molecule has 0 aromatic heterocycles. The Labute approximate surface area is 143 Å². The van der Waals surface area contributed by atoms with Crippen LogP contribution in [0, 0.1) is 11.7 Å². The average molecular weight is 356 g/mol. The van der Waals surface area contributed by atoms with Crippen LogP contribution in [0.5, 0.6) is 0 Å². The molecule has 5 nitrogen and oxygen atoms in total. The normalized spacial score (nSPS) is 17.6. The minimum atomic E-state index is -3.67. The molecule has 1 aromatic rings. The van der Waals surface area contributed by atoms with Crippen molar-refractivity contribution in [2.45, 2.75) is 39.2 Å². The molecule has 0 radical (unpaired) electrons. The topological polar surface area (TPSA) is 57.7 Å². The first-order valence-electron chi connectivity index (χ1n) is 8.27. The third kappa shape index (κ3) is 4.26. The number of amides is 1. The Hall–Kier alpha value is -1.63. The third-order valence-corrected chi connectivity index (χ3v) is 5.67. The van der Waals surface area contributed by atoms with E-state index < -0.39 is 21.9 Å². The van der Waals surface area contributed by atoms with Gasteiger partial charge in [-0.1, -0.05) is 13.8 Å². The summed E-state index contributed by atoms with van der Waals surface area (Å²) in [5.74, 6) is -0.0482. The fourth-order valence-electron chi connectivity index (χ4n) is 3.07. The molecule has 1 heterocycles. The largest absolute Gasteiger partial charge is 0.341 e. The third-order valence-electron chi connectivity index (χ3n) is 4.49. The summed E-state index contributed by atoms with van der Waals surface area (Å²) in [5.41, 5.74) is 0.310. The van der Waals surface area contributed by atoms with Crippen molar-refractivity contribution in [2.24, 2.45) is 5.92 Å². The van der Waals surface area contributed by atoms with Gasteiger partial charge in [-0.3, -0.25) is 9.10 Å². The predicted molar refractivity (Wildman–Crippen MR) is 92.8 cm³/mol. The number of halogens is 1. The van der Waals surface area contributed by atoms with E-state index in [4.69, 9.17) is 0 Å². The van der Waals surface area contributed by atoms with Gasteiger partial charge in [-0.25, -0.2) is 12.8 Å². The second kappa shape index (κ2) is 7.51. The van der Waals surface area contributed by atoms with Crippen molar-refractivity contribution in [3.05, 3.63) is 30.1 Å². The lowest BCUT2D eigenvalue weighted by molar-refractivity contribution is -0.133. The zero-order valence-corrected chi connectivity index (χ0v) is 15.2. The highest BCUT2D eigenvalue weighted by Gasteiger charge is 2.35. The van der Waals surface area contributed by atoms with E-state index in [2.05, 4.69) is 6.92 Å². The molecule has 1 aliphatic rings. The second-order valence-electron chi connectivity index (χ2n) is 6.47. The number of rotatable bonds is 5. The average Bonchev–Trinajstić information content (AvgIpc) is 2.52. The summed E-state index contributed by atoms with van der Waals surface area (Å²) in [6.07, 6.45) is 3.29. The highest BCUT2D eigenvalue weighted by molar-refractivity contribution is 7.92. The van der Waals surface area contributed by atoms with Crippen molar-refractivity contribution in [1.82, 2.24) is 4.90 Å². The van der Waals surface area contributed by atoms with E-state index in [1.807, 2.05) is 0 Å². The molecule has 7 heteroatoms. The molecule has 1 saturated heterocycles. The van der Waals surface area contributed by atoms with Crippen LogP contribution in [0.4, 0.5) is 10.1 Å². The van der Waals surface area contributed by atoms with Crippen LogP contribution in [-0.4, -0.2) is 44.6 Å². The Kier molecular flexibility index (Phi) is 5.85. The van der Waals surface area contributed by atoms with Crippen molar-refractivity contribution in [3.63, 3.8) is 0 Å². The fraction of sp³-hybridized carbons (Fsp3) is 0.588. The van der Waals surface area contributed by atoms with Gasteiger partial charge in [0, 0.05) is 13.1 Å². The van der Waals surface area contributed by atoms with Gasteiger partial charge in [0.15, 0.2) is 0 Å². The van der Waals surface area contributed by atoms with E-state index in [1.165, 1.54) is 24.3 Å². The van der Waals surface area contributed by atoms with Crippen molar-refractivity contribution < 1.29 is 17.6 Å². The fourth-order valence-corrected chi connectivity index (χ4v) is 4.28. The van der Waals surface area contributed by atoms with E-state index in [-0.39, 0.29) is 5.91 Å². The number of benzene rings is 1. The van der Waals surface area contributed by atoms with Gasteiger partial charge in [0.1, 0.15) is 11.9 Å². The van der Waals surface area contributed by atoms with Crippen molar-refractivity contribution in [2.75, 3.05) is 23.7 Å². The van der Waals surface area contributed by atoms with Gasteiger partial charge in [0.25, 0.3) is 0 Å². The number of hydrogen-bond acceptors (Lipinski definition) is 3. The monoisotopic (exact) mass is 356 g/mol. The Morgan fingerprint density at radius 2 is 1.83 bits per heavy atom. The first-order chi connectivity index (χ1) is 11.2. The molecule has 0 spiro atoms. The van der Waals surface area contributed by atoms with Crippen LogP contribution < -0.4 is 4.31 Å². The van der Waals surface area contributed by atoms with E-state index in [0.29, 0.717) is 31.1 Å². The van der Waals surface area contributed by atoms with Crippen LogP contribution in [0.2, 0.25) is 0 Å². The highest BCUT2D eigenvalue weighted by atomic mass is 32.2. The van der Waals surface area contributed by atoms with Crippen LogP contribution in [0.15, 0.2) is 24.3 Å². The maximum atomic E-state index is 13.2. The second-order valence-corrected chi connectivity index (χ2v) is 8.33. The summed E-state index contributed by atoms with van der Waals surface area (Å²) in [5, 5.41) is 0. The van der Waals surface area contributed by atoms with Crippen LogP contribution in [0.25, 0.3) is 0 Å². The lowest BCUT2D eigenvalue weighted by Gasteiger charge is -2.37. The summed E-state index contributed by atoms with van der Waals surface area (Å²) in [7, 11) is -3.67. The van der Waals surface area contributed by atoms with Crippen molar-refractivity contribution in [3.8, 4) is 0 Å². The lowest BCUT2D eigenvalue weighted by Crippen LogP contribution is -2.52. The molecule has 1 atom stereocenters. The number of hydrogen-bond donors (Lipinski definition) is 0. The Bertz CT molecular complexity index is 668. The lowest BCUT2D eigenvalue weighted by atomic mass is 9.98. The zero-order chi connectivity index (χ0) is 17.9. The van der Waals surface area contributed by atoms with E-state index in [1.54, 1.807) is 11.8 Å². The van der Waals surface area contributed by atoms with Gasteiger partial charge >= 0.3 is 0 Å². The highest BCUT2D eigenvalue weighted by Crippen LogP contribution is 2.25. The molecule has 0 saturated carbocycles. The van der Waals surface area contributed by atoms with Gasteiger partial charge in [-0.2, -0.15) is 0 Å².